The summed E-state index contributed by atoms with van der Waals surface area (Å²) in [6.07, 6.45) is -2.43. The summed E-state index contributed by atoms with van der Waals surface area (Å²) in [6.45, 7) is 0. The second kappa shape index (κ2) is 4.73. The lowest BCUT2D eigenvalue weighted by Crippen LogP contribution is -2.07. The maximum Gasteiger partial charge on any atom is 0.417 e. The first-order chi connectivity index (χ1) is 9.95. The first kappa shape index (κ1) is 13.4. The number of nitrogens with zero attached hydrogens (tertiary/aromatic N) is 1. The van der Waals surface area contributed by atoms with Crippen LogP contribution in [0.25, 0.3) is 22.2 Å². The van der Waals surface area contributed by atoms with Gasteiger partial charge in [-0.15, -0.1) is 0 Å². The zero-order valence-electron chi connectivity index (χ0n) is 10.6. The quantitative estimate of drug-likeness (QED) is 0.744. The average molecular weight is 290 g/mol. The summed E-state index contributed by atoms with van der Waals surface area (Å²) in [5, 5.41) is 0.487. The van der Waals surface area contributed by atoms with E-state index in [1.165, 1.54) is 12.3 Å². The molecule has 3 nitrogen and oxygen atoms in total. The van der Waals surface area contributed by atoms with Gasteiger partial charge in [-0.1, -0.05) is 12.1 Å². The highest BCUT2D eigenvalue weighted by atomic mass is 19.4. The molecule has 2 heterocycles. The number of aromatic amines is 1. The van der Waals surface area contributed by atoms with Crippen LogP contribution in [0.3, 0.4) is 0 Å². The minimum atomic E-state index is -4.47. The van der Waals surface area contributed by atoms with E-state index in [1.807, 2.05) is 0 Å². The highest BCUT2D eigenvalue weighted by Gasteiger charge is 2.31. The first-order valence-corrected chi connectivity index (χ1v) is 6.10. The van der Waals surface area contributed by atoms with Gasteiger partial charge in [-0.25, -0.2) is 0 Å². The number of pyridine rings is 2. The largest absolute Gasteiger partial charge is 0.417 e. The molecule has 0 spiro atoms. The van der Waals surface area contributed by atoms with Gasteiger partial charge >= 0.3 is 6.18 Å². The van der Waals surface area contributed by atoms with Crippen molar-refractivity contribution in [1.29, 1.82) is 0 Å². The van der Waals surface area contributed by atoms with E-state index in [4.69, 9.17) is 0 Å². The molecule has 3 rings (SSSR count). The van der Waals surface area contributed by atoms with E-state index in [-0.39, 0.29) is 11.0 Å². The summed E-state index contributed by atoms with van der Waals surface area (Å²) in [5.41, 5.74) is -0.0202. The van der Waals surface area contributed by atoms with Crippen molar-refractivity contribution < 1.29 is 13.2 Å². The molecule has 0 bridgehead atoms. The number of hydrogen-bond donors (Lipinski definition) is 1. The van der Waals surface area contributed by atoms with Crippen LogP contribution in [0.2, 0.25) is 0 Å². The number of hydrogen-bond acceptors (Lipinski definition) is 2. The van der Waals surface area contributed by atoms with Crippen molar-refractivity contribution in [3.05, 3.63) is 64.6 Å². The number of halogens is 3. The van der Waals surface area contributed by atoms with E-state index < -0.39 is 11.7 Å². The summed E-state index contributed by atoms with van der Waals surface area (Å²) >= 11 is 0. The summed E-state index contributed by atoms with van der Waals surface area (Å²) in [7, 11) is 0. The van der Waals surface area contributed by atoms with E-state index in [9.17, 15) is 18.0 Å². The van der Waals surface area contributed by atoms with E-state index in [0.29, 0.717) is 16.6 Å². The van der Waals surface area contributed by atoms with Gasteiger partial charge in [0, 0.05) is 34.9 Å². The van der Waals surface area contributed by atoms with Crippen LogP contribution in [0, 0.1) is 0 Å². The lowest BCUT2D eigenvalue weighted by Gasteiger charge is -2.09. The van der Waals surface area contributed by atoms with Gasteiger partial charge in [0.2, 0.25) is 0 Å². The Labute approximate surface area is 117 Å². The van der Waals surface area contributed by atoms with Crippen molar-refractivity contribution in [3.8, 4) is 11.3 Å². The van der Waals surface area contributed by atoms with Crippen LogP contribution in [-0.2, 0) is 6.18 Å². The highest BCUT2D eigenvalue weighted by molar-refractivity contribution is 5.81. The topological polar surface area (TPSA) is 45.8 Å². The standard InChI is InChI=1S/C15H9F3N2O/c16-15(17,18)10-5-9(7-19-8-10)13-6-14(21)11-3-1-2-4-12(11)20-13/h1-8H,(H,20,21). The minimum absolute atomic E-state index is 0.215. The van der Waals surface area contributed by atoms with E-state index in [2.05, 4.69) is 9.97 Å². The lowest BCUT2D eigenvalue weighted by molar-refractivity contribution is -0.137. The van der Waals surface area contributed by atoms with Crippen LogP contribution in [0.15, 0.2) is 53.6 Å². The van der Waals surface area contributed by atoms with Crippen LogP contribution in [0.1, 0.15) is 5.56 Å². The van der Waals surface area contributed by atoms with Crippen LogP contribution in [0.4, 0.5) is 13.2 Å². The molecule has 6 heteroatoms. The van der Waals surface area contributed by atoms with E-state index in [1.54, 1.807) is 24.3 Å². The van der Waals surface area contributed by atoms with Crippen LogP contribution < -0.4 is 5.43 Å². The summed E-state index contributed by atoms with van der Waals surface area (Å²) in [6, 6.07) is 9.06. The normalized spacial score (nSPS) is 11.8. The Balaban J connectivity index is 2.19. The monoisotopic (exact) mass is 290 g/mol. The van der Waals surface area contributed by atoms with Crippen molar-refractivity contribution in [1.82, 2.24) is 9.97 Å². The molecule has 0 aliphatic rings. The van der Waals surface area contributed by atoms with Gasteiger partial charge in [-0.05, 0) is 18.2 Å². The van der Waals surface area contributed by atoms with Gasteiger partial charge in [0.25, 0.3) is 0 Å². The Morgan fingerprint density at radius 1 is 1.05 bits per heavy atom. The van der Waals surface area contributed by atoms with Crippen molar-refractivity contribution in [3.63, 3.8) is 0 Å². The predicted molar refractivity (Wildman–Crippen MR) is 72.8 cm³/mol. The molecular weight excluding hydrogens is 281 g/mol. The zero-order chi connectivity index (χ0) is 15.0. The summed E-state index contributed by atoms with van der Waals surface area (Å²) in [5.74, 6) is 0. The molecule has 0 unspecified atom stereocenters. The third kappa shape index (κ3) is 2.52. The van der Waals surface area contributed by atoms with Gasteiger partial charge in [-0.3, -0.25) is 9.78 Å². The molecule has 0 fully saturated rings. The maximum absolute atomic E-state index is 12.7. The molecule has 0 aliphatic carbocycles. The SMILES string of the molecule is O=c1cc(-c2cncc(C(F)(F)F)c2)[nH]c2ccccc12. The second-order valence-corrected chi connectivity index (χ2v) is 4.55. The van der Waals surface area contributed by atoms with Crippen molar-refractivity contribution in [2.24, 2.45) is 0 Å². The third-order valence-electron chi connectivity index (χ3n) is 3.11. The van der Waals surface area contributed by atoms with Gasteiger partial charge in [0.1, 0.15) is 0 Å². The number of benzene rings is 1. The molecule has 0 amide bonds. The minimum Gasteiger partial charge on any atom is -0.354 e. The Morgan fingerprint density at radius 3 is 2.57 bits per heavy atom. The van der Waals surface area contributed by atoms with Crippen molar-refractivity contribution in [2.45, 2.75) is 6.18 Å². The molecule has 106 valence electrons. The Morgan fingerprint density at radius 2 is 1.81 bits per heavy atom. The van der Waals surface area contributed by atoms with Gasteiger partial charge < -0.3 is 4.98 Å². The third-order valence-corrected chi connectivity index (χ3v) is 3.11. The Bertz CT molecular complexity index is 868. The lowest BCUT2D eigenvalue weighted by atomic mass is 10.1. The number of H-pyrrole nitrogens is 1. The maximum atomic E-state index is 12.7. The predicted octanol–water partition coefficient (Wildman–Crippen LogP) is 3.61. The van der Waals surface area contributed by atoms with Crippen molar-refractivity contribution in [2.75, 3.05) is 0 Å². The van der Waals surface area contributed by atoms with E-state index in [0.717, 1.165) is 12.3 Å². The first-order valence-electron chi connectivity index (χ1n) is 6.10. The van der Waals surface area contributed by atoms with Gasteiger partial charge in [-0.2, -0.15) is 13.2 Å². The number of rotatable bonds is 1. The van der Waals surface area contributed by atoms with Gasteiger partial charge in [0.15, 0.2) is 5.43 Å². The fraction of sp³-hybridized carbons (Fsp3) is 0.0667. The Hall–Kier alpha value is -2.63. The molecule has 0 aliphatic heterocycles. The van der Waals surface area contributed by atoms with Crippen LogP contribution in [-0.4, -0.2) is 9.97 Å². The molecule has 1 N–H and O–H groups in total. The smallest absolute Gasteiger partial charge is 0.354 e. The summed E-state index contributed by atoms with van der Waals surface area (Å²) in [4.78, 5) is 18.5. The molecule has 1 aromatic carbocycles. The molecule has 21 heavy (non-hydrogen) atoms. The zero-order valence-corrected chi connectivity index (χ0v) is 10.6. The fourth-order valence-electron chi connectivity index (χ4n) is 2.09. The van der Waals surface area contributed by atoms with Crippen LogP contribution in [0.5, 0.6) is 0 Å². The summed E-state index contributed by atoms with van der Waals surface area (Å²) < 4.78 is 38.1. The molecular formula is C15H9F3N2O. The molecule has 0 radical (unpaired) electrons. The molecule has 0 atom stereocenters. The number of aromatic nitrogens is 2. The Kier molecular flexibility index (Phi) is 3.01. The highest BCUT2D eigenvalue weighted by Crippen LogP contribution is 2.30. The number of nitrogens with one attached hydrogen (secondary N) is 1. The van der Waals surface area contributed by atoms with E-state index >= 15 is 0 Å². The second-order valence-electron chi connectivity index (χ2n) is 4.55. The number of para-hydroxylation sites is 1. The molecule has 3 aromatic rings. The van der Waals surface area contributed by atoms with Crippen LogP contribution >= 0.6 is 0 Å². The number of alkyl halides is 3. The number of fused-ring (bicyclic) bond motifs is 1. The average Bonchev–Trinajstić information content (AvgIpc) is 2.46. The fourth-order valence-corrected chi connectivity index (χ4v) is 2.09. The molecule has 0 saturated carbocycles. The molecule has 0 saturated heterocycles. The van der Waals surface area contributed by atoms with Gasteiger partial charge in [0.05, 0.1) is 11.3 Å². The van der Waals surface area contributed by atoms with Crippen molar-refractivity contribution >= 4 is 10.9 Å². The molecule has 2 aromatic heterocycles.